The van der Waals surface area contributed by atoms with Crippen molar-refractivity contribution in [3.8, 4) is 5.88 Å². The van der Waals surface area contributed by atoms with Gasteiger partial charge in [-0.15, -0.1) is 0 Å². The molecule has 2 fully saturated rings. The predicted octanol–water partition coefficient (Wildman–Crippen LogP) is 3.35. The maximum Gasteiger partial charge on any atom is 0.227 e. The lowest BCUT2D eigenvalue weighted by molar-refractivity contribution is -0.132. The second-order valence-corrected chi connectivity index (χ2v) is 7.95. The van der Waals surface area contributed by atoms with Gasteiger partial charge in [-0.2, -0.15) is 0 Å². The van der Waals surface area contributed by atoms with E-state index in [1.807, 2.05) is 42.2 Å². The van der Waals surface area contributed by atoms with Crippen LogP contribution in [-0.2, 0) is 16.0 Å². The molecule has 4 rings (SSSR count). The van der Waals surface area contributed by atoms with Gasteiger partial charge in [-0.3, -0.25) is 9.59 Å². The Morgan fingerprint density at radius 1 is 1.10 bits per heavy atom. The van der Waals surface area contributed by atoms with Crippen LogP contribution in [0.5, 0.6) is 5.88 Å². The molecule has 1 aromatic heterocycles. The third-order valence-corrected chi connectivity index (χ3v) is 5.64. The van der Waals surface area contributed by atoms with Gasteiger partial charge < -0.3 is 15.0 Å². The quantitative estimate of drug-likeness (QED) is 0.817. The molecule has 0 unspecified atom stereocenters. The third-order valence-electron chi connectivity index (χ3n) is 5.64. The van der Waals surface area contributed by atoms with E-state index in [1.54, 1.807) is 12.3 Å². The van der Waals surface area contributed by atoms with Gasteiger partial charge in [0.2, 0.25) is 17.7 Å². The number of pyridine rings is 1. The second-order valence-electron chi connectivity index (χ2n) is 7.95. The van der Waals surface area contributed by atoms with Crippen LogP contribution in [0.1, 0.15) is 36.8 Å². The van der Waals surface area contributed by atoms with Crippen LogP contribution in [0.15, 0.2) is 42.6 Å². The van der Waals surface area contributed by atoms with Crippen molar-refractivity contribution in [2.45, 2.75) is 45.1 Å². The van der Waals surface area contributed by atoms with Crippen molar-refractivity contribution in [1.82, 2.24) is 9.88 Å². The number of nitrogens with zero attached hydrogens (tertiary/aromatic N) is 2. The first-order valence-corrected chi connectivity index (χ1v) is 10.3. The Balaban J connectivity index is 1.23. The van der Waals surface area contributed by atoms with E-state index >= 15 is 0 Å². The lowest BCUT2D eigenvalue weighted by Gasteiger charge is -2.32. The van der Waals surface area contributed by atoms with Gasteiger partial charge in [0.25, 0.3) is 0 Å². The first-order valence-electron chi connectivity index (χ1n) is 10.3. The molecule has 6 nitrogen and oxygen atoms in total. The molecule has 0 radical (unpaired) electrons. The van der Waals surface area contributed by atoms with Crippen LogP contribution >= 0.6 is 0 Å². The van der Waals surface area contributed by atoms with Crippen LogP contribution < -0.4 is 10.1 Å². The van der Waals surface area contributed by atoms with E-state index in [4.69, 9.17) is 4.74 Å². The number of likely N-dealkylation sites (tertiary alicyclic amines) is 1. The van der Waals surface area contributed by atoms with E-state index in [0.29, 0.717) is 31.1 Å². The van der Waals surface area contributed by atoms with Gasteiger partial charge in [0.15, 0.2) is 0 Å². The van der Waals surface area contributed by atoms with Crippen LogP contribution in [0.25, 0.3) is 0 Å². The fourth-order valence-corrected chi connectivity index (χ4v) is 3.59. The lowest BCUT2D eigenvalue weighted by Crippen LogP contribution is -2.42. The largest absolute Gasteiger partial charge is 0.474 e. The van der Waals surface area contributed by atoms with Gasteiger partial charge in [0.05, 0.1) is 18.3 Å². The zero-order valence-electron chi connectivity index (χ0n) is 16.8. The highest BCUT2D eigenvalue weighted by Gasteiger charge is 2.29. The van der Waals surface area contributed by atoms with Crippen LogP contribution in [-0.4, -0.2) is 40.9 Å². The smallest absolute Gasteiger partial charge is 0.227 e. The maximum absolute atomic E-state index is 12.6. The van der Waals surface area contributed by atoms with Gasteiger partial charge in [-0.05, 0) is 37.0 Å². The zero-order chi connectivity index (χ0) is 20.2. The molecule has 2 heterocycles. The number of amides is 2. The van der Waals surface area contributed by atoms with E-state index in [9.17, 15) is 9.59 Å². The summed E-state index contributed by atoms with van der Waals surface area (Å²) >= 11 is 0. The molecule has 0 atom stereocenters. The molecule has 152 valence electrons. The topological polar surface area (TPSA) is 71.5 Å². The number of ether oxygens (including phenoxy) is 1. The Morgan fingerprint density at radius 3 is 2.52 bits per heavy atom. The molecular formula is C23H27N3O3. The summed E-state index contributed by atoms with van der Waals surface area (Å²) in [5, 5.41) is 2.88. The van der Waals surface area contributed by atoms with Crippen LogP contribution in [0.3, 0.4) is 0 Å². The molecule has 2 aromatic rings. The number of benzene rings is 1. The third kappa shape index (κ3) is 5.13. The van der Waals surface area contributed by atoms with Crippen molar-refractivity contribution in [3.05, 3.63) is 53.7 Å². The summed E-state index contributed by atoms with van der Waals surface area (Å²) in [6.07, 6.45) is 5.68. The Hall–Kier alpha value is -2.89. The minimum Gasteiger partial charge on any atom is -0.474 e. The number of hydrogen-bond acceptors (Lipinski definition) is 4. The molecule has 1 N–H and O–H groups in total. The minimum absolute atomic E-state index is 0.0527. The van der Waals surface area contributed by atoms with Crippen molar-refractivity contribution in [1.29, 1.82) is 0 Å². The number of aromatic nitrogens is 1. The molecule has 1 aromatic carbocycles. The first-order chi connectivity index (χ1) is 14.1. The summed E-state index contributed by atoms with van der Waals surface area (Å²) in [6, 6.07) is 11.6. The van der Waals surface area contributed by atoms with Gasteiger partial charge in [-0.25, -0.2) is 4.98 Å². The van der Waals surface area contributed by atoms with Crippen molar-refractivity contribution in [2.75, 3.05) is 18.4 Å². The Kier molecular flexibility index (Phi) is 5.79. The molecule has 6 heteroatoms. The standard InChI is InChI=1S/C23H27N3O3/c1-16-4-2-3-5-18(16)14-22(27)26-12-10-20(11-13-26)29-21-9-8-19(15-24-21)25-23(28)17-6-7-17/h2-5,8-9,15,17,20H,6-7,10-14H2,1H3,(H,25,28). The Labute approximate surface area is 171 Å². The number of carbonyl (C=O) groups is 2. The lowest BCUT2D eigenvalue weighted by atomic mass is 10.0. The molecular weight excluding hydrogens is 366 g/mol. The molecule has 0 bridgehead atoms. The van der Waals surface area contributed by atoms with Crippen LogP contribution in [0, 0.1) is 12.8 Å². The average molecular weight is 393 g/mol. The number of aryl methyl sites for hydroxylation is 1. The molecule has 2 amide bonds. The van der Waals surface area contributed by atoms with E-state index in [2.05, 4.69) is 10.3 Å². The monoisotopic (exact) mass is 393 g/mol. The highest BCUT2D eigenvalue weighted by Crippen LogP contribution is 2.30. The summed E-state index contributed by atoms with van der Waals surface area (Å²) in [5.74, 6) is 0.971. The van der Waals surface area contributed by atoms with Gasteiger partial charge in [0, 0.05) is 37.9 Å². The summed E-state index contributed by atoms with van der Waals surface area (Å²) in [7, 11) is 0. The summed E-state index contributed by atoms with van der Waals surface area (Å²) < 4.78 is 5.98. The molecule has 1 saturated heterocycles. The normalized spacial score (nSPS) is 17.1. The Bertz CT molecular complexity index is 869. The number of rotatable bonds is 6. The second kappa shape index (κ2) is 8.64. The van der Waals surface area contributed by atoms with Crippen molar-refractivity contribution in [2.24, 2.45) is 5.92 Å². The summed E-state index contributed by atoms with van der Waals surface area (Å²) in [5.41, 5.74) is 2.95. The number of carbonyl (C=O) groups excluding carboxylic acids is 2. The number of piperidine rings is 1. The van der Waals surface area contributed by atoms with Crippen molar-refractivity contribution in [3.63, 3.8) is 0 Å². The molecule has 1 aliphatic carbocycles. The van der Waals surface area contributed by atoms with E-state index in [1.165, 1.54) is 0 Å². The number of anilines is 1. The molecule has 29 heavy (non-hydrogen) atoms. The first kappa shape index (κ1) is 19.4. The highest BCUT2D eigenvalue weighted by molar-refractivity contribution is 5.93. The van der Waals surface area contributed by atoms with E-state index in [-0.39, 0.29) is 23.8 Å². The minimum atomic E-state index is 0.0527. The van der Waals surface area contributed by atoms with E-state index in [0.717, 1.165) is 36.8 Å². The fraction of sp³-hybridized carbons (Fsp3) is 0.435. The number of hydrogen-bond donors (Lipinski definition) is 1. The van der Waals surface area contributed by atoms with Gasteiger partial charge in [-0.1, -0.05) is 24.3 Å². The SMILES string of the molecule is Cc1ccccc1CC(=O)N1CCC(Oc2ccc(NC(=O)C3CC3)cn2)CC1. The van der Waals surface area contributed by atoms with Crippen molar-refractivity contribution < 1.29 is 14.3 Å². The Morgan fingerprint density at radius 2 is 1.86 bits per heavy atom. The van der Waals surface area contributed by atoms with Crippen molar-refractivity contribution >= 4 is 17.5 Å². The molecule has 1 saturated carbocycles. The van der Waals surface area contributed by atoms with Crippen LogP contribution in [0.2, 0.25) is 0 Å². The van der Waals surface area contributed by atoms with E-state index < -0.39 is 0 Å². The fourth-order valence-electron chi connectivity index (χ4n) is 3.59. The zero-order valence-corrected chi connectivity index (χ0v) is 16.8. The molecule has 0 spiro atoms. The van der Waals surface area contributed by atoms with Crippen LogP contribution in [0.4, 0.5) is 5.69 Å². The summed E-state index contributed by atoms with van der Waals surface area (Å²) in [6.45, 7) is 3.44. The average Bonchev–Trinajstić information content (AvgIpc) is 3.57. The van der Waals surface area contributed by atoms with Gasteiger partial charge in [0.1, 0.15) is 6.10 Å². The summed E-state index contributed by atoms with van der Waals surface area (Å²) in [4.78, 5) is 30.6. The maximum atomic E-state index is 12.6. The molecule has 2 aliphatic rings. The predicted molar refractivity (Wildman–Crippen MR) is 111 cm³/mol. The van der Waals surface area contributed by atoms with Gasteiger partial charge >= 0.3 is 0 Å². The number of nitrogens with one attached hydrogen (secondary N) is 1. The highest BCUT2D eigenvalue weighted by atomic mass is 16.5. The molecule has 1 aliphatic heterocycles.